The van der Waals surface area contributed by atoms with Crippen LogP contribution in [0.25, 0.3) is 5.65 Å². The van der Waals surface area contributed by atoms with E-state index in [4.69, 9.17) is 0 Å². The van der Waals surface area contributed by atoms with E-state index in [-0.39, 0.29) is 12.5 Å². The molecule has 0 saturated carbocycles. The zero-order valence-electron chi connectivity index (χ0n) is 13.8. The monoisotopic (exact) mass is 316 g/mol. The molecule has 3 heterocycles. The van der Waals surface area contributed by atoms with E-state index < -0.39 is 11.4 Å². The maximum Gasteiger partial charge on any atom is 0.311 e. The number of nitrogens with zero attached hydrogens (tertiary/aromatic N) is 4. The van der Waals surface area contributed by atoms with Gasteiger partial charge in [-0.3, -0.25) is 9.59 Å². The van der Waals surface area contributed by atoms with Crippen LogP contribution in [0.3, 0.4) is 0 Å². The van der Waals surface area contributed by atoms with Gasteiger partial charge in [0.25, 0.3) is 5.91 Å². The predicted octanol–water partition coefficient (Wildman–Crippen LogP) is 1.59. The maximum absolute atomic E-state index is 12.9. The molecule has 1 N–H and O–H groups in total. The molecule has 1 aliphatic rings. The standard InChI is InChI=1S/C16H20N4O3/c1-9-7-10(2)20-13(17-9)12(11(3)18-20)14(21)19-6-5-16(4,8-19)15(22)23/h7H,5-6,8H2,1-4H3,(H,22,23). The van der Waals surface area contributed by atoms with Crippen molar-refractivity contribution in [2.75, 3.05) is 13.1 Å². The number of aryl methyl sites for hydroxylation is 3. The Morgan fingerprint density at radius 3 is 2.61 bits per heavy atom. The molecule has 2 aromatic heterocycles. The molecule has 7 heteroatoms. The highest BCUT2D eigenvalue weighted by molar-refractivity contribution is 6.01. The molecule has 1 atom stereocenters. The number of fused-ring (bicyclic) bond motifs is 1. The first-order valence-electron chi connectivity index (χ1n) is 7.59. The molecule has 1 unspecified atom stereocenters. The first kappa shape index (κ1) is 15.5. The van der Waals surface area contributed by atoms with Gasteiger partial charge in [0.05, 0.1) is 11.1 Å². The van der Waals surface area contributed by atoms with Gasteiger partial charge < -0.3 is 10.0 Å². The molecule has 0 aromatic carbocycles. The number of hydrogen-bond donors (Lipinski definition) is 1. The Kier molecular flexibility index (Phi) is 3.39. The van der Waals surface area contributed by atoms with Gasteiger partial charge in [0.2, 0.25) is 0 Å². The van der Waals surface area contributed by atoms with Crippen LogP contribution in [0.1, 0.15) is 40.8 Å². The maximum atomic E-state index is 12.9. The van der Waals surface area contributed by atoms with E-state index >= 15 is 0 Å². The highest BCUT2D eigenvalue weighted by atomic mass is 16.4. The molecule has 3 rings (SSSR count). The molecule has 0 bridgehead atoms. The SMILES string of the molecule is Cc1cc(C)n2nc(C)c(C(=O)N3CCC(C)(C(=O)O)C3)c2n1. The lowest BCUT2D eigenvalue weighted by Crippen LogP contribution is -2.35. The fourth-order valence-corrected chi connectivity index (χ4v) is 3.14. The van der Waals surface area contributed by atoms with Crippen molar-refractivity contribution >= 4 is 17.5 Å². The van der Waals surface area contributed by atoms with E-state index in [0.717, 1.165) is 11.4 Å². The average molecular weight is 316 g/mol. The lowest BCUT2D eigenvalue weighted by Gasteiger charge is -2.20. The second-order valence-corrected chi connectivity index (χ2v) is 6.58. The van der Waals surface area contributed by atoms with E-state index in [1.54, 1.807) is 23.3 Å². The quantitative estimate of drug-likeness (QED) is 0.909. The topological polar surface area (TPSA) is 87.8 Å². The zero-order chi connectivity index (χ0) is 16.9. The summed E-state index contributed by atoms with van der Waals surface area (Å²) in [5.74, 6) is -1.06. The van der Waals surface area contributed by atoms with Crippen molar-refractivity contribution in [2.24, 2.45) is 5.41 Å². The number of amides is 1. The molecule has 1 saturated heterocycles. The van der Waals surface area contributed by atoms with Crippen molar-refractivity contribution in [3.8, 4) is 0 Å². The molecular formula is C16H20N4O3. The summed E-state index contributed by atoms with van der Waals surface area (Å²) in [5, 5.41) is 13.7. The Morgan fingerprint density at radius 1 is 1.30 bits per heavy atom. The average Bonchev–Trinajstić information content (AvgIpc) is 3.00. The number of likely N-dealkylation sites (tertiary alicyclic amines) is 1. The summed E-state index contributed by atoms with van der Waals surface area (Å²) in [7, 11) is 0. The first-order valence-corrected chi connectivity index (χ1v) is 7.59. The van der Waals surface area contributed by atoms with Gasteiger partial charge in [-0.25, -0.2) is 9.50 Å². The molecule has 7 nitrogen and oxygen atoms in total. The van der Waals surface area contributed by atoms with Crippen LogP contribution in [-0.4, -0.2) is 49.6 Å². The van der Waals surface area contributed by atoms with E-state index in [9.17, 15) is 14.7 Å². The van der Waals surface area contributed by atoms with E-state index in [1.165, 1.54) is 0 Å². The molecule has 0 spiro atoms. The molecule has 1 aliphatic heterocycles. The molecule has 1 amide bonds. The van der Waals surface area contributed by atoms with Crippen LogP contribution in [0, 0.1) is 26.2 Å². The van der Waals surface area contributed by atoms with Crippen molar-refractivity contribution in [3.63, 3.8) is 0 Å². The third-order valence-electron chi connectivity index (χ3n) is 4.56. The van der Waals surface area contributed by atoms with Gasteiger partial charge in [0.1, 0.15) is 5.56 Å². The highest BCUT2D eigenvalue weighted by Gasteiger charge is 2.43. The number of carbonyl (C=O) groups excluding carboxylic acids is 1. The first-order chi connectivity index (χ1) is 10.7. The highest BCUT2D eigenvalue weighted by Crippen LogP contribution is 2.32. The van der Waals surface area contributed by atoms with Crippen molar-refractivity contribution in [1.29, 1.82) is 0 Å². The second-order valence-electron chi connectivity index (χ2n) is 6.58. The van der Waals surface area contributed by atoms with Gasteiger partial charge in [-0.1, -0.05) is 0 Å². The number of rotatable bonds is 2. The fraction of sp³-hybridized carbons (Fsp3) is 0.500. The largest absolute Gasteiger partial charge is 0.481 e. The molecular weight excluding hydrogens is 296 g/mol. The summed E-state index contributed by atoms with van der Waals surface area (Å²) in [4.78, 5) is 30.3. The van der Waals surface area contributed by atoms with Gasteiger partial charge in [-0.05, 0) is 40.2 Å². The van der Waals surface area contributed by atoms with Crippen LogP contribution in [0.5, 0.6) is 0 Å². The molecule has 1 fully saturated rings. The number of hydrogen-bond acceptors (Lipinski definition) is 4. The second kappa shape index (κ2) is 5.04. The lowest BCUT2D eigenvalue weighted by molar-refractivity contribution is -0.147. The normalized spacial score (nSPS) is 21.1. The lowest BCUT2D eigenvalue weighted by atomic mass is 9.90. The Bertz CT molecular complexity index is 826. The number of carboxylic acids is 1. The summed E-state index contributed by atoms with van der Waals surface area (Å²) in [6.45, 7) is 7.90. The van der Waals surface area contributed by atoms with Crippen LogP contribution in [0.15, 0.2) is 6.07 Å². The minimum atomic E-state index is -0.883. The van der Waals surface area contributed by atoms with Gasteiger partial charge >= 0.3 is 5.97 Å². The summed E-state index contributed by atoms with van der Waals surface area (Å²) < 4.78 is 1.67. The molecule has 0 radical (unpaired) electrons. The van der Waals surface area contributed by atoms with Crippen molar-refractivity contribution in [1.82, 2.24) is 19.5 Å². The number of aromatic nitrogens is 3. The summed E-state index contributed by atoms with van der Waals surface area (Å²) >= 11 is 0. The van der Waals surface area contributed by atoms with Crippen LogP contribution in [0.2, 0.25) is 0 Å². The fourth-order valence-electron chi connectivity index (χ4n) is 3.14. The number of aliphatic carboxylic acids is 1. The van der Waals surface area contributed by atoms with Crippen molar-refractivity contribution in [2.45, 2.75) is 34.1 Å². The molecule has 122 valence electrons. The minimum Gasteiger partial charge on any atom is -0.481 e. The van der Waals surface area contributed by atoms with Crippen molar-refractivity contribution < 1.29 is 14.7 Å². The Hall–Kier alpha value is -2.44. The van der Waals surface area contributed by atoms with Gasteiger partial charge in [0, 0.05) is 24.5 Å². The van der Waals surface area contributed by atoms with Gasteiger partial charge in [0.15, 0.2) is 5.65 Å². The predicted molar refractivity (Wildman–Crippen MR) is 83.5 cm³/mol. The molecule has 0 aliphatic carbocycles. The third-order valence-corrected chi connectivity index (χ3v) is 4.56. The van der Waals surface area contributed by atoms with Gasteiger partial charge in [-0.2, -0.15) is 5.10 Å². The summed E-state index contributed by atoms with van der Waals surface area (Å²) in [6, 6.07) is 1.91. The van der Waals surface area contributed by atoms with E-state index in [0.29, 0.717) is 29.9 Å². The van der Waals surface area contributed by atoms with Crippen LogP contribution < -0.4 is 0 Å². The van der Waals surface area contributed by atoms with E-state index in [2.05, 4.69) is 10.1 Å². The third kappa shape index (κ3) is 2.36. The zero-order valence-corrected chi connectivity index (χ0v) is 13.8. The molecule has 23 heavy (non-hydrogen) atoms. The van der Waals surface area contributed by atoms with Gasteiger partial charge in [-0.15, -0.1) is 0 Å². The van der Waals surface area contributed by atoms with Crippen LogP contribution >= 0.6 is 0 Å². The summed E-state index contributed by atoms with van der Waals surface area (Å²) in [5.41, 5.74) is 2.46. The Labute approximate surface area is 133 Å². The Morgan fingerprint density at radius 2 is 2.00 bits per heavy atom. The number of carbonyl (C=O) groups is 2. The number of carboxylic acid groups (broad SMARTS) is 1. The van der Waals surface area contributed by atoms with Crippen molar-refractivity contribution in [3.05, 3.63) is 28.7 Å². The molecule has 2 aromatic rings. The van der Waals surface area contributed by atoms with Crippen LogP contribution in [-0.2, 0) is 4.79 Å². The summed E-state index contributed by atoms with van der Waals surface area (Å²) in [6.07, 6.45) is 0.456. The van der Waals surface area contributed by atoms with E-state index in [1.807, 2.05) is 19.9 Å². The minimum absolute atomic E-state index is 0.194. The Balaban J connectivity index is 2.03. The smallest absolute Gasteiger partial charge is 0.311 e. The van der Waals surface area contributed by atoms with Crippen LogP contribution in [0.4, 0.5) is 0 Å².